The third-order valence-corrected chi connectivity index (χ3v) is 6.52. The first-order chi connectivity index (χ1) is 9.52. The van der Waals surface area contributed by atoms with Crippen LogP contribution in [0.1, 0.15) is 19.8 Å². The van der Waals surface area contributed by atoms with E-state index < -0.39 is 25.5 Å². The Hall–Kier alpha value is -0.960. The maximum Gasteiger partial charge on any atom is 0.243 e. The van der Waals surface area contributed by atoms with Gasteiger partial charge in [-0.3, -0.25) is 0 Å². The van der Waals surface area contributed by atoms with Gasteiger partial charge in [-0.15, -0.1) is 0 Å². The summed E-state index contributed by atoms with van der Waals surface area (Å²) in [4.78, 5) is 0.111. The number of rotatable bonds is 3. The van der Waals surface area contributed by atoms with Crippen LogP contribution in [-0.4, -0.2) is 51.2 Å². The van der Waals surface area contributed by atoms with Crippen molar-refractivity contribution in [1.82, 2.24) is 4.31 Å². The number of hydrogen-bond acceptors (Lipinski definition) is 5. The smallest absolute Gasteiger partial charge is 0.243 e. The molecular weight excluding hydrogens is 314 g/mol. The minimum atomic E-state index is -3.72. The van der Waals surface area contributed by atoms with Crippen LogP contribution in [0, 0.1) is 0 Å². The molecule has 0 amide bonds. The molecule has 6 nitrogen and oxygen atoms in total. The van der Waals surface area contributed by atoms with Crippen LogP contribution in [0.25, 0.3) is 0 Å². The third-order valence-electron chi connectivity index (χ3n) is 3.53. The number of sulfone groups is 1. The van der Waals surface area contributed by atoms with Gasteiger partial charge < -0.3 is 5.11 Å². The highest BCUT2D eigenvalue weighted by molar-refractivity contribution is 7.90. The van der Waals surface area contributed by atoms with E-state index in [-0.39, 0.29) is 16.3 Å². The van der Waals surface area contributed by atoms with E-state index in [2.05, 4.69) is 0 Å². The molecule has 1 unspecified atom stereocenters. The van der Waals surface area contributed by atoms with Gasteiger partial charge in [0.25, 0.3) is 0 Å². The van der Waals surface area contributed by atoms with Crippen LogP contribution >= 0.6 is 0 Å². The quantitative estimate of drug-likeness (QED) is 0.876. The van der Waals surface area contributed by atoms with Crippen molar-refractivity contribution in [3.8, 4) is 0 Å². The molecule has 1 heterocycles. The van der Waals surface area contributed by atoms with E-state index in [4.69, 9.17) is 0 Å². The third kappa shape index (κ3) is 3.63. The number of sulfonamides is 1. The average Bonchev–Trinajstić information content (AvgIpc) is 2.36. The summed E-state index contributed by atoms with van der Waals surface area (Å²) in [6, 6.07) is 5.14. The number of nitrogens with zero attached hydrogens (tertiary/aromatic N) is 1. The SMILES string of the molecule is CC1(O)CCCN(S(=O)(=O)c2ccc(S(C)(=O)=O)cc2)C1. The first-order valence-corrected chi connectivity index (χ1v) is 9.88. The summed E-state index contributed by atoms with van der Waals surface area (Å²) in [7, 11) is -7.07. The molecule has 0 bridgehead atoms. The maximum atomic E-state index is 12.5. The predicted molar refractivity (Wildman–Crippen MR) is 78.2 cm³/mol. The molecule has 1 fully saturated rings. The van der Waals surface area contributed by atoms with Gasteiger partial charge in [-0.25, -0.2) is 16.8 Å². The summed E-state index contributed by atoms with van der Waals surface area (Å²) in [5.41, 5.74) is -1.03. The van der Waals surface area contributed by atoms with Crippen molar-refractivity contribution < 1.29 is 21.9 Å². The van der Waals surface area contributed by atoms with Crippen molar-refractivity contribution >= 4 is 19.9 Å². The predicted octanol–water partition coefficient (Wildman–Crippen LogP) is 0.626. The molecule has 0 aromatic heterocycles. The van der Waals surface area contributed by atoms with E-state index in [1.165, 1.54) is 28.6 Å². The van der Waals surface area contributed by atoms with Crippen molar-refractivity contribution in [3.05, 3.63) is 24.3 Å². The van der Waals surface area contributed by atoms with Crippen LogP contribution in [0.2, 0.25) is 0 Å². The summed E-state index contributed by atoms with van der Waals surface area (Å²) >= 11 is 0. The molecule has 1 aliphatic heterocycles. The standard InChI is InChI=1S/C13H19NO5S2/c1-13(15)8-3-9-14(10-13)21(18,19)12-6-4-11(5-7-12)20(2,16)17/h4-7,15H,3,8-10H2,1-2H3. The largest absolute Gasteiger partial charge is 0.389 e. The Morgan fingerprint density at radius 3 is 2.10 bits per heavy atom. The van der Waals surface area contributed by atoms with Crippen LogP contribution in [0.3, 0.4) is 0 Å². The molecule has 0 aliphatic carbocycles. The van der Waals surface area contributed by atoms with Crippen molar-refractivity contribution in [3.63, 3.8) is 0 Å². The van der Waals surface area contributed by atoms with Crippen molar-refractivity contribution in [2.75, 3.05) is 19.3 Å². The second-order valence-electron chi connectivity index (χ2n) is 5.68. The first kappa shape index (κ1) is 16.4. The van der Waals surface area contributed by atoms with E-state index in [1.54, 1.807) is 6.92 Å². The number of benzene rings is 1. The highest BCUT2D eigenvalue weighted by Gasteiger charge is 2.35. The zero-order valence-electron chi connectivity index (χ0n) is 12.0. The van der Waals surface area contributed by atoms with Gasteiger partial charge in [-0.05, 0) is 44.0 Å². The highest BCUT2D eigenvalue weighted by Crippen LogP contribution is 2.26. The van der Waals surface area contributed by atoms with Gasteiger partial charge in [0.2, 0.25) is 10.0 Å². The summed E-state index contributed by atoms with van der Waals surface area (Å²) in [5.74, 6) is 0. The molecule has 1 aromatic carbocycles. The molecule has 8 heteroatoms. The molecule has 2 rings (SSSR count). The lowest BCUT2D eigenvalue weighted by molar-refractivity contribution is 0.00940. The minimum absolute atomic E-state index is 0.0348. The number of hydrogen-bond donors (Lipinski definition) is 1. The Morgan fingerprint density at radius 2 is 1.62 bits per heavy atom. The Morgan fingerprint density at radius 1 is 1.10 bits per heavy atom. The summed E-state index contributed by atoms with van der Waals surface area (Å²) in [5, 5.41) is 10.0. The lowest BCUT2D eigenvalue weighted by atomic mass is 9.97. The van der Waals surface area contributed by atoms with Crippen LogP contribution in [0.4, 0.5) is 0 Å². The number of piperidine rings is 1. The van der Waals surface area contributed by atoms with Gasteiger partial charge in [0.05, 0.1) is 15.4 Å². The Bertz CT molecular complexity index is 720. The van der Waals surface area contributed by atoms with Crippen molar-refractivity contribution in [2.24, 2.45) is 0 Å². The van der Waals surface area contributed by atoms with Crippen molar-refractivity contribution in [2.45, 2.75) is 35.2 Å². The molecule has 1 aromatic rings. The zero-order chi connectivity index (χ0) is 15.9. The molecule has 1 N–H and O–H groups in total. The van der Waals surface area contributed by atoms with E-state index in [9.17, 15) is 21.9 Å². The summed E-state index contributed by atoms with van der Waals surface area (Å²) < 4.78 is 49.0. The topological polar surface area (TPSA) is 91.8 Å². The molecule has 1 saturated heterocycles. The fourth-order valence-corrected chi connectivity index (χ4v) is 4.61. The monoisotopic (exact) mass is 333 g/mol. The zero-order valence-corrected chi connectivity index (χ0v) is 13.6. The van der Waals surface area contributed by atoms with Gasteiger partial charge in [0.1, 0.15) is 0 Å². The van der Waals surface area contributed by atoms with Crippen LogP contribution < -0.4 is 0 Å². The van der Waals surface area contributed by atoms with Crippen LogP contribution in [-0.2, 0) is 19.9 Å². The number of β-amino-alcohol motifs (C(OH)–C–C–N with tert-alkyl or cyclic N) is 1. The number of aliphatic hydroxyl groups is 1. The average molecular weight is 333 g/mol. The lowest BCUT2D eigenvalue weighted by Gasteiger charge is -2.35. The Balaban J connectivity index is 2.32. The van der Waals surface area contributed by atoms with Gasteiger partial charge >= 0.3 is 0 Å². The molecule has 1 atom stereocenters. The van der Waals surface area contributed by atoms with Gasteiger partial charge in [-0.1, -0.05) is 0 Å². The minimum Gasteiger partial charge on any atom is -0.389 e. The summed E-state index contributed by atoms with van der Waals surface area (Å²) in [6.07, 6.45) is 2.22. The fraction of sp³-hybridized carbons (Fsp3) is 0.538. The highest BCUT2D eigenvalue weighted by atomic mass is 32.2. The second kappa shape index (κ2) is 5.35. The second-order valence-corrected chi connectivity index (χ2v) is 9.64. The lowest BCUT2D eigenvalue weighted by Crippen LogP contribution is -2.48. The van der Waals surface area contributed by atoms with E-state index >= 15 is 0 Å². The Kier molecular flexibility index (Phi) is 4.18. The van der Waals surface area contributed by atoms with E-state index in [0.29, 0.717) is 19.4 Å². The van der Waals surface area contributed by atoms with Gasteiger partial charge in [0.15, 0.2) is 9.84 Å². The Labute approximate surface area is 125 Å². The normalized spacial score (nSPS) is 24.9. The molecule has 118 valence electrons. The summed E-state index contributed by atoms with van der Waals surface area (Å²) in [6.45, 7) is 2.01. The molecule has 21 heavy (non-hydrogen) atoms. The fourth-order valence-electron chi connectivity index (χ4n) is 2.39. The van der Waals surface area contributed by atoms with E-state index in [0.717, 1.165) is 6.26 Å². The first-order valence-electron chi connectivity index (χ1n) is 6.55. The molecular formula is C13H19NO5S2. The maximum absolute atomic E-state index is 12.5. The van der Waals surface area contributed by atoms with Crippen LogP contribution in [0.5, 0.6) is 0 Å². The van der Waals surface area contributed by atoms with E-state index in [1.807, 2.05) is 0 Å². The molecule has 0 spiro atoms. The van der Waals surface area contributed by atoms with Crippen LogP contribution in [0.15, 0.2) is 34.1 Å². The molecule has 1 aliphatic rings. The van der Waals surface area contributed by atoms with Gasteiger partial charge in [0, 0.05) is 19.3 Å². The molecule has 0 radical (unpaired) electrons. The van der Waals surface area contributed by atoms with Gasteiger partial charge in [-0.2, -0.15) is 4.31 Å². The van der Waals surface area contributed by atoms with Crippen molar-refractivity contribution in [1.29, 1.82) is 0 Å². The molecule has 0 saturated carbocycles.